The third-order valence-electron chi connectivity index (χ3n) is 5.16. The van der Waals surface area contributed by atoms with Crippen molar-refractivity contribution in [2.24, 2.45) is 0 Å². The lowest BCUT2D eigenvalue weighted by molar-refractivity contribution is -0.141. The molecule has 0 spiro atoms. The van der Waals surface area contributed by atoms with Gasteiger partial charge in [0.2, 0.25) is 0 Å². The highest BCUT2D eigenvalue weighted by Crippen LogP contribution is 2.60. The van der Waals surface area contributed by atoms with Crippen LogP contribution in [0.25, 0.3) is 0 Å². The lowest BCUT2D eigenvalue weighted by Gasteiger charge is -2.70. The minimum Gasteiger partial charge on any atom is -0.484 e. The Hall–Kier alpha value is -1.83. The summed E-state index contributed by atoms with van der Waals surface area (Å²) in [4.78, 5) is 28.9. The first-order valence-corrected chi connectivity index (χ1v) is 10.6. The summed E-state index contributed by atoms with van der Waals surface area (Å²) in [6.07, 6.45) is 3.02. The van der Waals surface area contributed by atoms with Gasteiger partial charge in [-0.3, -0.25) is 9.59 Å². The molecule has 6 nitrogen and oxygen atoms in total. The van der Waals surface area contributed by atoms with Crippen LogP contribution >= 0.6 is 34.5 Å². The van der Waals surface area contributed by atoms with Crippen LogP contribution in [0.4, 0.5) is 0 Å². The van der Waals surface area contributed by atoms with Gasteiger partial charge in [0.15, 0.2) is 6.61 Å². The summed E-state index contributed by atoms with van der Waals surface area (Å²) in [6.45, 7) is 1.91. The zero-order chi connectivity index (χ0) is 19.9. The molecule has 2 bridgehead atoms. The molecule has 3 saturated carbocycles. The number of nitrogens with zero attached hydrogens (tertiary/aromatic N) is 1. The molecule has 1 aromatic heterocycles. The van der Waals surface area contributed by atoms with Crippen LogP contribution in [-0.2, 0) is 11.2 Å². The van der Waals surface area contributed by atoms with Crippen molar-refractivity contribution in [3.63, 3.8) is 0 Å². The molecule has 3 aliphatic rings. The summed E-state index contributed by atoms with van der Waals surface area (Å²) in [5.74, 6) is 0.150. The van der Waals surface area contributed by atoms with E-state index in [1.54, 1.807) is 23.6 Å². The van der Waals surface area contributed by atoms with E-state index in [1.165, 1.54) is 11.3 Å². The Bertz CT molecular complexity index is 926. The summed E-state index contributed by atoms with van der Waals surface area (Å²) < 4.78 is 5.46. The van der Waals surface area contributed by atoms with E-state index in [2.05, 4.69) is 15.6 Å². The molecular formula is C19H19Cl2N3O3S. The van der Waals surface area contributed by atoms with E-state index in [1.807, 2.05) is 6.92 Å². The molecule has 2 amide bonds. The minimum atomic E-state index is -0.234. The molecule has 5 rings (SSSR count). The van der Waals surface area contributed by atoms with Gasteiger partial charge < -0.3 is 15.4 Å². The summed E-state index contributed by atoms with van der Waals surface area (Å²) in [6, 6.07) is 4.86. The number of rotatable bonds is 7. The Morgan fingerprint density at radius 2 is 1.89 bits per heavy atom. The molecule has 0 aliphatic heterocycles. The third-order valence-corrected chi connectivity index (χ3v) is 6.89. The fourth-order valence-corrected chi connectivity index (χ4v) is 5.00. The molecule has 0 saturated heterocycles. The van der Waals surface area contributed by atoms with E-state index >= 15 is 0 Å². The number of carbonyl (C=O) groups is 2. The van der Waals surface area contributed by atoms with E-state index in [4.69, 9.17) is 27.9 Å². The molecule has 0 atom stereocenters. The fraction of sp³-hybridized carbons (Fsp3) is 0.421. The van der Waals surface area contributed by atoms with Gasteiger partial charge in [-0.1, -0.05) is 30.1 Å². The van der Waals surface area contributed by atoms with Gasteiger partial charge in [-0.05, 0) is 37.8 Å². The van der Waals surface area contributed by atoms with Gasteiger partial charge in [-0.15, -0.1) is 11.3 Å². The number of halogens is 2. The maximum Gasteiger partial charge on any atom is 0.271 e. The van der Waals surface area contributed by atoms with E-state index in [0.717, 1.165) is 30.7 Å². The first-order valence-electron chi connectivity index (χ1n) is 8.98. The second-order valence-corrected chi connectivity index (χ2v) is 9.19. The molecule has 2 aromatic rings. The number of nitrogens with one attached hydrogen (secondary N) is 2. The van der Waals surface area contributed by atoms with Crippen LogP contribution in [-0.4, -0.2) is 34.5 Å². The predicted molar refractivity (Wildman–Crippen MR) is 108 cm³/mol. The van der Waals surface area contributed by atoms with Crippen molar-refractivity contribution in [2.45, 2.75) is 43.7 Å². The number of amides is 2. The van der Waals surface area contributed by atoms with Crippen molar-refractivity contribution < 1.29 is 14.3 Å². The molecule has 28 heavy (non-hydrogen) atoms. The first-order chi connectivity index (χ1) is 13.3. The van der Waals surface area contributed by atoms with Crippen molar-refractivity contribution in [2.75, 3.05) is 6.61 Å². The molecule has 2 N–H and O–H groups in total. The Balaban J connectivity index is 1.23. The first kappa shape index (κ1) is 19.5. The van der Waals surface area contributed by atoms with E-state index < -0.39 is 0 Å². The van der Waals surface area contributed by atoms with Crippen LogP contribution in [0.3, 0.4) is 0 Å². The Morgan fingerprint density at radius 3 is 2.54 bits per heavy atom. The molecule has 1 aromatic carbocycles. The van der Waals surface area contributed by atoms with Crippen molar-refractivity contribution in [3.05, 3.63) is 44.3 Å². The fourth-order valence-electron chi connectivity index (χ4n) is 3.98. The smallest absolute Gasteiger partial charge is 0.271 e. The summed E-state index contributed by atoms with van der Waals surface area (Å²) in [7, 11) is 0. The maximum absolute atomic E-state index is 12.3. The molecule has 148 valence electrons. The van der Waals surface area contributed by atoms with Gasteiger partial charge >= 0.3 is 0 Å². The standard InChI is InChI=1S/C19H19Cl2N3O3S/c1-2-16-22-14(7-28-16)17(26)24-19-8-18(9-19,10-19)23-15(25)6-27-11-3-4-12(20)13(21)5-11/h3-5,7H,2,6,8-10H2,1H3,(H,23,25)(H,24,26). The second kappa shape index (κ2) is 7.21. The van der Waals surface area contributed by atoms with Crippen LogP contribution in [0.2, 0.25) is 10.0 Å². The van der Waals surface area contributed by atoms with Crippen molar-refractivity contribution >= 4 is 46.4 Å². The van der Waals surface area contributed by atoms with Crippen LogP contribution in [0.5, 0.6) is 5.75 Å². The highest BCUT2D eigenvalue weighted by Gasteiger charge is 2.69. The third kappa shape index (κ3) is 3.71. The summed E-state index contributed by atoms with van der Waals surface area (Å²) in [5.41, 5.74) is 0.0205. The Morgan fingerprint density at radius 1 is 1.18 bits per heavy atom. The topological polar surface area (TPSA) is 80.3 Å². The number of benzene rings is 1. The quantitative estimate of drug-likeness (QED) is 0.690. The summed E-state index contributed by atoms with van der Waals surface area (Å²) in [5, 5.41) is 9.65. The highest BCUT2D eigenvalue weighted by molar-refractivity contribution is 7.09. The van der Waals surface area contributed by atoms with Gasteiger partial charge in [0.05, 0.1) is 15.1 Å². The maximum atomic E-state index is 12.3. The molecular weight excluding hydrogens is 421 g/mol. The second-order valence-electron chi connectivity index (χ2n) is 7.44. The van der Waals surface area contributed by atoms with Crippen LogP contribution in [0, 0.1) is 0 Å². The number of hydrogen-bond donors (Lipinski definition) is 2. The summed E-state index contributed by atoms with van der Waals surface area (Å²) >= 11 is 13.3. The number of ether oxygens (including phenoxy) is 1. The normalized spacial score (nSPS) is 24.7. The van der Waals surface area contributed by atoms with Gasteiger partial charge in [0, 0.05) is 22.5 Å². The van der Waals surface area contributed by atoms with Gasteiger partial charge in [0.1, 0.15) is 11.4 Å². The highest BCUT2D eigenvalue weighted by atomic mass is 35.5. The number of aryl methyl sites for hydroxylation is 1. The molecule has 1 heterocycles. The molecule has 9 heteroatoms. The van der Waals surface area contributed by atoms with Crippen molar-refractivity contribution in [1.29, 1.82) is 0 Å². The Labute approximate surface area is 176 Å². The zero-order valence-electron chi connectivity index (χ0n) is 15.2. The molecule has 0 radical (unpaired) electrons. The zero-order valence-corrected chi connectivity index (χ0v) is 17.5. The van der Waals surface area contributed by atoms with Gasteiger partial charge in [0.25, 0.3) is 11.8 Å². The minimum absolute atomic E-state index is 0.0995. The number of hydrogen-bond acceptors (Lipinski definition) is 5. The van der Waals surface area contributed by atoms with Crippen LogP contribution in [0.1, 0.15) is 41.7 Å². The average molecular weight is 440 g/mol. The van der Waals surface area contributed by atoms with Crippen LogP contribution < -0.4 is 15.4 Å². The molecule has 3 fully saturated rings. The van der Waals surface area contributed by atoms with Crippen molar-refractivity contribution in [1.82, 2.24) is 15.6 Å². The lowest BCUT2D eigenvalue weighted by atomic mass is 9.44. The SMILES string of the molecule is CCc1nc(C(=O)NC23CC(NC(=O)COc4ccc(Cl)c(Cl)c4)(C2)C3)cs1. The molecule has 3 aliphatic carbocycles. The number of thiazole rings is 1. The average Bonchev–Trinajstić information content (AvgIpc) is 3.09. The molecule has 0 unspecified atom stereocenters. The van der Waals surface area contributed by atoms with Gasteiger partial charge in [-0.25, -0.2) is 4.98 Å². The van der Waals surface area contributed by atoms with Crippen LogP contribution in [0.15, 0.2) is 23.6 Å². The monoisotopic (exact) mass is 439 g/mol. The van der Waals surface area contributed by atoms with Crippen molar-refractivity contribution in [3.8, 4) is 5.75 Å². The lowest BCUT2D eigenvalue weighted by Crippen LogP contribution is -2.84. The van der Waals surface area contributed by atoms with E-state index in [-0.39, 0.29) is 29.5 Å². The van der Waals surface area contributed by atoms with E-state index in [0.29, 0.717) is 21.5 Å². The number of carbonyl (C=O) groups excluding carboxylic acids is 2. The largest absolute Gasteiger partial charge is 0.484 e. The van der Waals surface area contributed by atoms with Gasteiger partial charge in [-0.2, -0.15) is 0 Å². The Kier molecular flexibility index (Phi) is 5.02. The predicted octanol–water partition coefficient (Wildman–Crippen LogP) is 3.61. The van der Waals surface area contributed by atoms with E-state index in [9.17, 15) is 9.59 Å². The number of aromatic nitrogens is 1.